The fraction of sp³-hybridized carbons (Fsp3) is 0.294. The van der Waals surface area contributed by atoms with E-state index in [4.69, 9.17) is 11.6 Å². The Hall–Kier alpha value is -2.11. The third kappa shape index (κ3) is 2.90. The Morgan fingerprint density at radius 2 is 2.13 bits per heavy atom. The van der Waals surface area contributed by atoms with Gasteiger partial charge in [0.15, 0.2) is 0 Å². The number of carbonyl (C=O) groups excluding carboxylic acids is 1. The van der Waals surface area contributed by atoms with Crippen molar-refractivity contribution in [3.8, 4) is 0 Å². The van der Waals surface area contributed by atoms with Crippen molar-refractivity contribution in [2.45, 2.75) is 18.9 Å². The SMILES string of the molecule is Cc1ccccc1C1(O)CCN(C(=O)c2cc(Cl)c[nH]c2=O)C1. The minimum absolute atomic E-state index is 0.00784. The molecule has 1 unspecified atom stereocenters. The molecule has 23 heavy (non-hydrogen) atoms. The van der Waals surface area contributed by atoms with Gasteiger partial charge in [-0.25, -0.2) is 0 Å². The highest BCUT2D eigenvalue weighted by molar-refractivity contribution is 6.30. The fourth-order valence-corrected chi connectivity index (χ4v) is 3.23. The number of aryl methyl sites for hydroxylation is 1. The van der Waals surface area contributed by atoms with Gasteiger partial charge in [0.25, 0.3) is 11.5 Å². The number of nitrogens with zero attached hydrogens (tertiary/aromatic N) is 1. The zero-order valence-electron chi connectivity index (χ0n) is 12.7. The lowest BCUT2D eigenvalue weighted by atomic mass is 9.89. The molecule has 0 aliphatic carbocycles. The van der Waals surface area contributed by atoms with Crippen molar-refractivity contribution < 1.29 is 9.90 Å². The first kappa shape index (κ1) is 15.8. The molecule has 0 radical (unpaired) electrons. The van der Waals surface area contributed by atoms with Crippen molar-refractivity contribution in [2.75, 3.05) is 13.1 Å². The standard InChI is InChI=1S/C17H17ClN2O3/c1-11-4-2-3-5-14(11)17(23)6-7-20(10-17)16(22)13-8-12(18)9-19-15(13)21/h2-5,8-9,23H,6-7,10H2,1H3,(H,19,21). The van der Waals surface area contributed by atoms with E-state index in [-0.39, 0.29) is 12.1 Å². The Labute approximate surface area is 138 Å². The maximum Gasteiger partial charge on any atom is 0.260 e. The predicted molar refractivity (Wildman–Crippen MR) is 87.7 cm³/mol. The maximum absolute atomic E-state index is 12.6. The first-order valence-electron chi connectivity index (χ1n) is 7.37. The van der Waals surface area contributed by atoms with Crippen LogP contribution in [0.4, 0.5) is 0 Å². The molecular formula is C17H17ClN2O3. The topological polar surface area (TPSA) is 73.4 Å². The molecule has 2 heterocycles. The summed E-state index contributed by atoms with van der Waals surface area (Å²) in [6.07, 6.45) is 1.77. The summed E-state index contributed by atoms with van der Waals surface area (Å²) < 4.78 is 0. The highest BCUT2D eigenvalue weighted by atomic mass is 35.5. The molecule has 1 aliphatic rings. The van der Waals surface area contributed by atoms with E-state index in [0.29, 0.717) is 18.0 Å². The molecule has 0 spiro atoms. The molecule has 0 bridgehead atoms. The number of rotatable bonds is 2. The third-order valence-electron chi connectivity index (χ3n) is 4.28. The van der Waals surface area contributed by atoms with E-state index in [1.54, 1.807) is 0 Å². The quantitative estimate of drug-likeness (QED) is 0.884. The summed E-state index contributed by atoms with van der Waals surface area (Å²) in [5, 5.41) is 11.2. The molecule has 2 aromatic rings. The van der Waals surface area contributed by atoms with Crippen LogP contribution in [0, 0.1) is 6.92 Å². The zero-order valence-corrected chi connectivity index (χ0v) is 13.4. The third-order valence-corrected chi connectivity index (χ3v) is 4.50. The molecule has 5 nitrogen and oxygen atoms in total. The van der Waals surface area contributed by atoms with E-state index in [1.807, 2.05) is 31.2 Å². The van der Waals surface area contributed by atoms with Crippen LogP contribution in [0.2, 0.25) is 5.02 Å². The molecule has 3 rings (SSSR count). The van der Waals surface area contributed by atoms with Gasteiger partial charge in [0.05, 0.1) is 11.6 Å². The van der Waals surface area contributed by atoms with Gasteiger partial charge >= 0.3 is 0 Å². The lowest BCUT2D eigenvalue weighted by Crippen LogP contribution is -2.37. The number of likely N-dealkylation sites (tertiary alicyclic amines) is 1. The fourth-order valence-electron chi connectivity index (χ4n) is 3.07. The largest absolute Gasteiger partial charge is 0.383 e. The van der Waals surface area contributed by atoms with Crippen LogP contribution in [0.15, 0.2) is 41.3 Å². The minimum Gasteiger partial charge on any atom is -0.383 e. The van der Waals surface area contributed by atoms with Crippen molar-refractivity contribution >= 4 is 17.5 Å². The van der Waals surface area contributed by atoms with E-state index < -0.39 is 17.1 Å². The molecule has 1 aliphatic heterocycles. The summed E-state index contributed by atoms with van der Waals surface area (Å²) in [5.74, 6) is -0.418. The van der Waals surface area contributed by atoms with Crippen LogP contribution < -0.4 is 5.56 Å². The molecule has 1 saturated heterocycles. The number of carbonyl (C=O) groups is 1. The van der Waals surface area contributed by atoms with Crippen LogP contribution in [0.1, 0.15) is 27.9 Å². The Bertz CT molecular complexity index is 817. The van der Waals surface area contributed by atoms with E-state index in [2.05, 4.69) is 4.98 Å². The van der Waals surface area contributed by atoms with Crippen molar-refractivity contribution in [3.05, 3.63) is 68.6 Å². The number of hydrogen-bond donors (Lipinski definition) is 2. The number of β-amino-alcohol motifs (C(OH)–C–C–N with tert-alkyl or cyclic N) is 1. The summed E-state index contributed by atoms with van der Waals surface area (Å²) in [5.41, 5.74) is 0.212. The number of hydrogen-bond acceptors (Lipinski definition) is 3. The number of halogens is 1. The van der Waals surface area contributed by atoms with Gasteiger partial charge in [-0.1, -0.05) is 35.9 Å². The molecule has 2 N–H and O–H groups in total. The van der Waals surface area contributed by atoms with Crippen LogP contribution >= 0.6 is 11.6 Å². The van der Waals surface area contributed by atoms with Gasteiger partial charge in [-0.3, -0.25) is 9.59 Å². The number of aromatic amines is 1. The Morgan fingerprint density at radius 3 is 2.87 bits per heavy atom. The summed E-state index contributed by atoms with van der Waals surface area (Å²) in [6, 6.07) is 8.93. The van der Waals surface area contributed by atoms with Crippen LogP contribution in [-0.4, -0.2) is 34.0 Å². The predicted octanol–water partition coefficient (Wildman–Crippen LogP) is 2.07. The highest BCUT2D eigenvalue weighted by Gasteiger charge is 2.40. The average Bonchev–Trinajstić information content (AvgIpc) is 2.93. The Kier molecular flexibility index (Phi) is 4.00. The second-order valence-corrected chi connectivity index (χ2v) is 6.32. The molecule has 1 aromatic heterocycles. The molecule has 6 heteroatoms. The van der Waals surface area contributed by atoms with Crippen LogP contribution in [0.5, 0.6) is 0 Å². The minimum atomic E-state index is -1.09. The highest BCUT2D eigenvalue weighted by Crippen LogP contribution is 2.34. The van der Waals surface area contributed by atoms with Crippen molar-refractivity contribution in [3.63, 3.8) is 0 Å². The first-order valence-corrected chi connectivity index (χ1v) is 7.74. The normalized spacial score (nSPS) is 20.7. The van der Waals surface area contributed by atoms with Gasteiger partial charge in [-0.2, -0.15) is 0 Å². The molecule has 1 fully saturated rings. The number of aromatic nitrogens is 1. The van der Waals surface area contributed by atoms with Gasteiger partial charge in [0, 0.05) is 12.7 Å². The van der Waals surface area contributed by atoms with Crippen LogP contribution in [0.3, 0.4) is 0 Å². The van der Waals surface area contributed by atoms with E-state index in [9.17, 15) is 14.7 Å². The van der Waals surface area contributed by atoms with Gasteiger partial charge < -0.3 is 15.0 Å². The molecular weight excluding hydrogens is 316 g/mol. The van der Waals surface area contributed by atoms with Crippen molar-refractivity contribution in [1.82, 2.24) is 9.88 Å². The van der Waals surface area contributed by atoms with Crippen molar-refractivity contribution in [1.29, 1.82) is 0 Å². The molecule has 0 saturated carbocycles. The zero-order chi connectivity index (χ0) is 16.6. The maximum atomic E-state index is 12.6. The number of pyridine rings is 1. The number of aliphatic hydroxyl groups is 1. The van der Waals surface area contributed by atoms with Crippen LogP contribution in [0.25, 0.3) is 0 Å². The number of amides is 1. The van der Waals surface area contributed by atoms with Gasteiger partial charge in [-0.15, -0.1) is 0 Å². The number of H-pyrrole nitrogens is 1. The Morgan fingerprint density at radius 1 is 1.39 bits per heavy atom. The number of nitrogens with one attached hydrogen (secondary N) is 1. The van der Waals surface area contributed by atoms with Crippen molar-refractivity contribution in [2.24, 2.45) is 0 Å². The number of benzene rings is 1. The molecule has 1 atom stereocenters. The monoisotopic (exact) mass is 332 g/mol. The van der Waals surface area contributed by atoms with Crippen LogP contribution in [-0.2, 0) is 5.60 Å². The second kappa shape index (κ2) is 5.83. The van der Waals surface area contributed by atoms with E-state index in [0.717, 1.165) is 11.1 Å². The van der Waals surface area contributed by atoms with E-state index >= 15 is 0 Å². The molecule has 1 amide bonds. The lowest BCUT2D eigenvalue weighted by Gasteiger charge is -2.25. The summed E-state index contributed by atoms with van der Waals surface area (Å²) >= 11 is 5.85. The first-order chi connectivity index (χ1) is 10.9. The summed E-state index contributed by atoms with van der Waals surface area (Å²) in [7, 11) is 0. The van der Waals surface area contributed by atoms with Gasteiger partial charge in [0.1, 0.15) is 11.2 Å². The Balaban J connectivity index is 1.88. The summed E-state index contributed by atoms with van der Waals surface area (Å²) in [6.45, 7) is 2.47. The van der Waals surface area contributed by atoms with Gasteiger partial charge in [0.2, 0.25) is 0 Å². The summed E-state index contributed by atoms with van der Waals surface area (Å²) in [4.78, 5) is 28.3. The van der Waals surface area contributed by atoms with E-state index in [1.165, 1.54) is 17.2 Å². The molecule has 120 valence electrons. The average molecular weight is 333 g/mol. The lowest BCUT2D eigenvalue weighted by molar-refractivity contribution is 0.0412. The smallest absolute Gasteiger partial charge is 0.260 e. The second-order valence-electron chi connectivity index (χ2n) is 5.88. The van der Waals surface area contributed by atoms with Gasteiger partial charge in [-0.05, 0) is 30.5 Å². The molecule has 1 aromatic carbocycles.